The molecule has 0 bridgehead atoms. The third kappa shape index (κ3) is 4.41. The maximum Gasteiger partial charge on any atom is 0.224 e. The highest BCUT2D eigenvalue weighted by Crippen LogP contribution is 2.30. The second-order valence-electron chi connectivity index (χ2n) is 5.50. The van der Waals surface area contributed by atoms with E-state index in [1.807, 2.05) is 31.2 Å². The third-order valence-electron chi connectivity index (χ3n) is 3.82. The van der Waals surface area contributed by atoms with E-state index in [9.17, 15) is 4.79 Å². The van der Waals surface area contributed by atoms with Crippen molar-refractivity contribution in [1.82, 2.24) is 0 Å². The van der Waals surface area contributed by atoms with Gasteiger partial charge in [-0.2, -0.15) is 0 Å². The number of ether oxygens (including phenoxy) is 3. The van der Waals surface area contributed by atoms with Crippen LogP contribution in [0.4, 0.5) is 5.69 Å². The van der Waals surface area contributed by atoms with Gasteiger partial charge in [-0.1, -0.05) is 19.1 Å². The molecule has 1 atom stereocenters. The zero-order valence-corrected chi connectivity index (χ0v) is 14.5. The molecule has 1 N–H and O–H groups in total. The van der Waals surface area contributed by atoms with Crippen LogP contribution in [0.3, 0.4) is 0 Å². The van der Waals surface area contributed by atoms with Gasteiger partial charge in [-0.05, 0) is 35.7 Å². The molecule has 5 nitrogen and oxygen atoms in total. The Labute approximate surface area is 142 Å². The van der Waals surface area contributed by atoms with Crippen molar-refractivity contribution in [2.45, 2.75) is 19.3 Å². The Morgan fingerprint density at radius 2 is 1.75 bits per heavy atom. The Hall–Kier alpha value is -2.69. The summed E-state index contributed by atoms with van der Waals surface area (Å²) in [6, 6.07) is 13.1. The van der Waals surface area contributed by atoms with Crippen LogP contribution < -0.4 is 19.5 Å². The lowest BCUT2D eigenvalue weighted by Gasteiger charge is -2.14. The second-order valence-corrected chi connectivity index (χ2v) is 5.50. The summed E-state index contributed by atoms with van der Waals surface area (Å²) in [5.74, 6) is 2.02. The molecule has 0 saturated carbocycles. The molecule has 0 spiro atoms. The van der Waals surface area contributed by atoms with Crippen LogP contribution in [-0.2, 0) is 4.79 Å². The van der Waals surface area contributed by atoms with Crippen molar-refractivity contribution in [3.05, 3.63) is 48.0 Å². The standard InChI is InChI=1S/C19H23NO4/c1-13(14-6-5-7-16(11-14)22-2)10-19(21)20-15-8-9-17(23-3)18(12-15)24-4/h5-9,11-13H,10H2,1-4H3,(H,20,21). The fraction of sp³-hybridized carbons (Fsp3) is 0.316. The maximum absolute atomic E-state index is 12.3. The van der Waals surface area contributed by atoms with Crippen molar-refractivity contribution in [3.63, 3.8) is 0 Å². The Kier molecular flexibility index (Phi) is 6.07. The van der Waals surface area contributed by atoms with Gasteiger partial charge in [0.05, 0.1) is 21.3 Å². The van der Waals surface area contributed by atoms with E-state index in [0.29, 0.717) is 23.6 Å². The predicted molar refractivity (Wildman–Crippen MR) is 94.2 cm³/mol. The summed E-state index contributed by atoms with van der Waals surface area (Å²) in [5.41, 5.74) is 1.74. The summed E-state index contributed by atoms with van der Waals surface area (Å²) in [6.07, 6.45) is 0.377. The molecule has 128 valence electrons. The van der Waals surface area contributed by atoms with Gasteiger partial charge in [0.25, 0.3) is 0 Å². The van der Waals surface area contributed by atoms with Crippen LogP contribution in [0.25, 0.3) is 0 Å². The van der Waals surface area contributed by atoms with E-state index in [1.54, 1.807) is 39.5 Å². The fourth-order valence-corrected chi connectivity index (χ4v) is 2.47. The highest BCUT2D eigenvalue weighted by atomic mass is 16.5. The average Bonchev–Trinajstić information content (AvgIpc) is 2.61. The molecule has 0 radical (unpaired) electrons. The lowest BCUT2D eigenvalue weighted by Crippen LogP contribution is -2.14. The largest absolute Gasteiger partial charge is 0.497 e. The van der Waals surface area contributed by atoms with Gasteiger partial charge in [0.1, 0.15) is 5.75 Å². The zero-order chi connectivity index (χ0) is 17.5. The van der Waals surface area contributed by atoms with E-state index in [1.165, 1.54) is 0 Å². The van der Waals surface area contributed by atoms with E-state index in [-0.39, 0.29) is 11.8 Å². The molecule has 24 heavy (non-hydrogen) atoms. The van der Waals surface area contributed by atoms with E-state index in [2.05, 4.69) is 5.32 Å². The van der Waals surface area contributed by atoms with E-state index >= 15 is 0 Å². The second kappa shape index (κ2) is 8.24. The fourth-order valence-electron chi connectivity index (χ4n) is 2.47. The molecule has 0 aliphatic rings. The number of hydrogen-bond acceptors (Lipinski definition) is 4. The first kappa shape index (κ1) is 17.7. The molecule has 1 unspecified atom stereocenters. The van der Waals surface area contributed by atoms with Gasteiger partial charge in [-0.25, -0.2) is 0 Å². The van der Waals surface area contributed by atoms with Crippen molar-refractivity contribution in [3.8, 4) is 17.2 Å². The Morgan fingerprint density at radius 3 is 2.42 bits per heavy atom. The SMILES string of the molecule is COc1cccc(C(C)CC(=O)Nc2ccc(OC)c(OC)c2)c1. The molecule has 0 fully saturated rings. The summed E-state index contributed by atoms with van der Waals surface area (Å²) in [6.45, 7) is 2.02. The van der Waals surface area contributed by atoms with Crippen LogP contribution in [0, 0.1) is 0 Å². The van der Waals surface area contributed by atoms with Gasteiger partial charge in [-0.15, -0.1) is 0 Å². The summed E-state index contributed by atoms with van der Waals surface area (Å²) in [4.78, 5) is 12.3. The van der Waals surface area contributed by atoms with Gasteiger partial charge in [-0.3, -0.25) is 4.79 Å². The minimum atomic E-state index is -0.0578. The molecule has 0 aliphatic carbocycles. The van der Waals surface area contributed by atoms with Crippen LogP contribution in [0.5, 0.6) is 17.2 Å². The number of amides is 1. The average molecular weight is 329 g/mol. The Bertz CT molecular complexity index is 700. The molecule has 5 heteroatoms. The normalized spacial score (nSPS) is 11.5. The summed E-state index contributed by atoms with van der Waals surface area (Å²) in [5, 5.41) is 2.89. The number of nitrogens with one attached hydrogen (secondary N) is 1. The number of rotatable bonds is 7. The Morgan fingerprint density at radius 1 is 1.00 bits per heavy atom. The first-order chi connectivity index (χ1) is 11.6. The van der Waals surface area contributed by atoms with Crippen LogP contribution in [0.2, 0.25) is 0 Å². The lowest BCUT2D eigenvalue weighted by molar-refractivity contribution is -0.116. The van der Waals surface area contributed by atoms with Crippen molar-refractivity contribution in [2.24, 2.45) is 0 Å². The van der Waals surface area contributed by atoms with Gasteiger partial charge in [0.2, 0.25) is 5.91 Å². The molecular weight excluding hydrogens is 306 g/mol. The summed E-state index contributed by atoms with van der Waals surface area (Å²) < 4.78 is 15.7. The smallest absolute Gasteiger partial charge is 0.224 e. The minimum absolute atomic E-state index is 0.0578. The summed E-state index contributed by atoms with van der Waals surface area (Å²) >= 11 is 0. The van der Waals surface area contributed by atoms with Gasteiger partial charge in [0.15, 0.2) is 11.5 Å². The molecule has 0 aliphatic heterocycles. The highest BCUT2D eigenvalue weighted by molar-refractivity contribution is 5.91. The van der Waals surface area contributed by atoms with Crippen molar-refractivity contribution < 1.29 is 19.0 Å². The summed E-state index contributed by atoms with van der Waals surface area (Å²) in [7, 11) is 4.77. The Balaban J connectivity index is 2.02. The lowest BCUT2D eigenvalue weighted by atomic mass is 9.97. The van der Waals surface area contributed by atoms with Gasteiger partial charge >= 0.3 is 0 Å². The molecule has 1 amide bonds. The number of benzene rings is 2. The first-order valence-corrected chi connectivity index (χ1v) is 7.73. The number of carbonyl (C=O) groups is 1. The van der Waals surface area contributed by atoms with E-state index in [0.717, 1.165) is 11.3 Å². The van der Waals surface area contributed by atoms with Crippen molar-refractivity contribution >= 4 is 11.6 Å². The van der Waals surface area contributed by atoms with Gasteiger partial charge in [0, 0.05) is 18.2 Å². The molecule has 0 heterocycles. The topological polar surface area (TPSA) is 56.8 Å². The highest BCUT2D eigenvalue weighted by Gasteiger charge is 2.13. The molecule has 2 aromatic rings. The first-order valence-electron chi connectivity index (χ1n) is 7.73. The molecule has 0 saturated heterocycles. The van der Waals surface area contributed by atoms with Gasteiger partial charge < -0.3 is 19.5 Å². The van der Waals surface area contributed by atoms with E-state index < -0.39 is 0 Å². The molecule has 2 rings (SSSR count). The van der Waals surface area contributed by atoms with Crippen molar-refractivity contribution in [1.29, 1.82) is 0 Å². The zero-order valence-electron chi connectivity index (χ0n) is 14.5. The molecular formula is C19H23NO4. The van der Waals surface area contributed by atoms with Crippen LogP contribution in [0.1, 0.15) is 24.8 Å². The quantitative estimate of drug-likeness (QED) is 0.838. The molecule has 0 aromatic heterocycles. The monoisotopic (exact) mass is 329 g/mol. The predicted octanol–water partition coefficient (Wildman–Crippen LogP) is 3.84. The minimum Gasteiger partial charge on any atom is -0.497 e. The van der Waals surface area contributed by atoms with Crippen LogP contribution >= 0.6 is 0 Å². The maximum atomic E-state index is 12.3. The van der Waals surface area contributed by atoms with Crippen LogP contribution in [-0.4, -0.2) is 27.2 Å². The van der Waals surface area contributed by atoms with Crippen molar-refractivity contribution in [2.75, 3.05) is 26.6 Å². The van der Waals surface area contributed by atoms with E-state index in [4.69, 9.17) is 14.2 Å². The number of hydrogen-bond donors (Lipinski definition) is 1. The van der Waals surface area contributed by atoms with Crippen LogP contribution in [0.15, 0.2) is 42.5 Å². The number of anilines is 1. The number of methoxy groups -OCH3 is 3. The third-order valence-corrected chi connectivity index (χ3v) is 3.82. The number of carbonyl (C=O) groups excluding carboxylic acids is 1. The molecule has 2 aromatic carbocycles.